The van der Waals surface area contributed by atoms with Crippen molar-refractivity contribution in [1.29, 1.82) is 0 Å². The van der Waals surface area contributed by atoms with E-state index in [0.29, 0.717) is 29.6 Å². The number of nitrogens with zero attached hydrogens (tertiary/aromatic N) is 1. The molecule has 1 saturated heterocycles. The summed E-state index contributed by atoms with van der Waals surface area (Å²) in [5, 5.41) is 13.9. The first-order valence-corrected chi connectivity index (χ1v) is 9.82. The van der Waals surface area contributed by atoms with Crippen molar-refractivity contribution in [3.05, 3.63) is 65.5 Å². The number of aromatic hydroxyl groups is 1. The maximum absolute atomic E-state index is 12.9. The van der Waals surface area contributed by atoms with Crippen LogP contribution in [0.15, 0.2) is 48.8 Å². The number of hydrogen-bond acceptors (Lipinski definition) is 4. The third-order valence-corrected chi connectivity index (χ3v) is 6.32. The van der Waals surface area contributed by atoms with Crippen molar-refractivity contribution < 1.29 is 19.5 Å². The number of aromatic nitrogens is 2. The van der Waals surface area contributed by atoms with Crippen LogP contribution >= 0.6 is 0 Å². The Balaban J connectivity index is 1.57. The lowest BCUT2D eigenvalue weighted by atomic mass is 9.83. The number of para-hydroxylation sites is 1. The van der Waals surface area contributed by atoms with Crippen molar-refractivity contribution >= 4 is 39.4 Å². The highest BCUT2D eigenvalue weighted by Gasteiger charge is 2.46. The third-order valence-electron chi connectivity index (χ3n) is 6.32. The molecular weight excluding hydrogens is 382 g/mol. The van der Waals surface area contributed by atoms with Gasteiger partial charge in [-0.1, -0.05) is 12.1 Å². The number of rotatable bonds is 2. The first-order chi connectivity index (χ1) is 14.5. The Hall–Kier alpha value is -3.87. The van der Waals surface area contributed by atoms with Gasteiger partial charge in [0.1, 0.15) is 5.75 Å². The highest BCUT2D eigenvalue weighted by molar-refractivity contribution is 6.15. The van der Waals surface area contributed by atoms with Crippen molar-refractivity contribution in [2.45, 2.75) is 24.8 Å². The molecule has 6 rings (SSSR count). The van der Waals surface area contributed by atoms with Gasteiger partial charge in [0.05, 0.1) is 17.4 Å². The zero-order valence-electron chi connectivity index (χ0n) is 15.8. The number of carbonyl (C=O) groups excluding carboxylic acids is 3. The van der Waals surface area contributed by atoms with Gasteiger partial charge in [0.25, 0.3) is 0 Å². The molecule has 30 heavy (non-hydrogen) atoms. The highest BCUT2D eigenvalue weighted by Crippen LogP contribution is 2.44. The predicted octanol–water partition coefficient (Wildman–Crippen LogP) is 2.94. The smallest absolute Gasteiger partial charge is 0.235 e. The van der Waals surface area contributed by atoms with E-state index in [4.69, 9.17) is 0 Å². The average molecular weight is 399 g/mol. The number of Topliss-reactive ketones (excluding diaryl/α,β-unsaturated/α-hetero) is 1. The summed E-state index contributed by atoms with van der Waals surface area (Å²) in [6.07, 6.45) is 4.06. The van der Waals surface area contributed by atoms with Gasteiger partial charge in [-0.25, -0.2) is 0 Å². The molecule has 0 radical (unpaired) electrons. The van der Waals surface area contributed by atoms with Crippen LogP contribution in [-0.4, -0.2) is 32.3 Å². The van der Waals surface area contributed by atoms with Crippen LogP contribution in [0.3, 0.4) is 0 Å². The molecule has 0 aliphatic carbocycles. The Morgan fingerprint density at radius 2 is 1.77 bits per heavy atom. The van der Waals surface area contributed by atoms with Gasteiger partial charge in [-0.3, -0.25) is 19.7 Å². The minimum Gasteiger partial charge on any atom is -0.508 e. The zero-order valence-corrected chi connectivity index (χ0v) is 15.8. The molecule has 2 aliphatic heterocycles. The molecule has 2 amide bonds. The minimum atomic E-state index is -0.699. The normalized spacial score (nSPS) is 21.0. The maximum Gasteiger partial charge on any atom is 0.235 e. The molecule has 2 aromatic heterocycles. The Morgan fingerprint density at radius 1 is 0.967 bits per heavy atom. The number of aryl methyl sites for hydroxylation is 1. The summed E-state index contributed by atoms with van der Waals surface area (Å²) in [6.45, 7) is 0.561. The quantitative estimate of drug-likeness (QED) is 0.451. The van der Waals surface area contributed by atoms with E-state index in [2.05, 4.69) is 10.3 Å². The molecule has 2 atom stereocenters. The van der Waals surface area contributed by atoms with Gasteiger partial charge in [-0.15, -0.1) is 0 Å². The van der Waals surface area contributed by atoms with Crippen molar-refractivity contribution in [3.8, 4) is 5.75 Å². The van der Waals surface area contributed by atoms with E-state index in [0.717, 1.165) is 21.9 Å². The van der Waals surface area contributed by atoms with Crippen LogP contribution in [0.2, 0.25) is 0 Å². The minimum absolute atomic E-state index is 0.0951. The highest BCUT2D eigenvalue weighted by atomic mass is 16.3. The van der Waals surface area contributed by atoms with Gasteiger partial charge in [0.15, 0.2) is 5.78 Å². The number of aromatic amines is 1. The van der Waals surface area contributed by atoms with Crippen LogP contribution in [-0.2, 0) is 16.1 Å². The lowest BCUT2D eigenvalue weighted by Crippen LogP contribution is -2.21. The number of hydrogen-bond donors (Lipinski definition) is 3. The molecule has 0 bridgehead atoms. The van der Waals surface area contributed by atoms with E-state index >= 15 is 0 Å². The third kappa shape index (κ3) is 2.17. The van der Waals surface area contributed by atoms with Crippen molar-refractivity contribution in [2.24, 2.45) is 0 Å². The summed E-state index contributed by atoms with van der Waals surface area (Å²) in [5.41, 5.74) is 3.65. The summed E-state index contributed by atoms with van der Waals surface area (Å²) in [5.74, 6) is -1.86. The number of benzene rings is 2. The number of ketones is 1. The van der Waals surface area contributed by atoms with Crippen molar-refractivity contribution in [2.75, 3.05) is 0 Å². The van der Waals surface area contributed by atoms with E-state index in [1.807, 2.05) is 29.0 Å². The first kappa shape index (κ1) is 17.0. The molecule has 0 unspecified atom stereocenters. The van der Waals surface area contributed by atoms with Crippen LogP contribution < -0.4 is 5.32 Å². The molecule has 0 saturated carbocycles. The molecule has 148 valence electrons. The Bertz CT molecular complexity index is 1410. The fraction of sp³-hybridized carbons (Fsp3) is 0.174. The van der Waals surface area contributed by atoms with Gasteiger partial charge in [0, 0.05) is 53.3 Å². The zero-order chi connectivity index (χ0) is 20.6. The molecule has 2 aliphatic rings. The second-order valence-corrected chi connectivity index (χ2v) is 7.94. The molecule has 3 N–H and O–H groups in total. The fourth-order valence-corrected chi connectivity index (χ4v) is 5.01. The number of H-pyrrole nitrogens is 1. The van der Waals surface area contributed by atoms with E-state index in [1.54, 1.807) is 24.4 Å². The van der Waals surface area contributed by atoms with Crippen LogP contribution in [0.4, 0.5) is 0 Å². The number of nitrogens with one attached hydrogen (secondary N) is 2. The topological polar surface area (TPSA) is 104 Å². The van der Waals surface area contributed by atoms with Gasteiger partial charge in [-0.2, -0.15) is 0 Å². The number of imide groups is 1. The first-order valence-electron chi connectivity index (χ1n) is 9.82. The number of fused-ring (bicyclic) bond motifs is 1. The number of carbonyl (C=O) groups is 3. The molecule has 4 aromatic rings. The maximum atomic E-state index is 12.9. The molecular formula is C23H17N3O4. The van der Waals surface area contributed by atoms with Crippen LogP contribution in [0.1, 0.15) is 39.7 Å². The van der Waals surface area contributed by atoms with E-state index in [9.17, 15) is 19.5 Å². The largest absolute Gasteiger partial charge is 0.508 e. The lowest BCUT2D eigenvalue weighted by Gasteiger charge is -2.15. The number of amides is 2. The molecule has 7 heteroatoms. The monoisotopic (exact) mass is 399 g/mol. The van der Waals surface area contributed by atoms with Gasteiger partial charge in [-0.05, 0) is 29.3 Å². The summed E-state index contributed by atoms with van der Waals surface area (Å²) < 4.78 is 2.02. The lowest BCUT2D eigenvalue weighted by molar-refractivity contribution is -0.125. The molecule has 4 heterocycles. The Morgan fingerprint density at radius 3 is 2.60 bits per heavy atom. The summed E-state index contributed by atoms with van der Waals surface area (Å²) in [7, 11) is 0. The van der Waals surface area contributed by atoms with Gasteiger partial charge in [0.2, 0.25) is 11.8 Å². The second-order valence-electron chi connectivity index (χ2n) is 7.94. The summed E-state index contributed by atoms with van der Waals surface area (Å²) in [6, 6.07) is 10.5. The standard InChI is InChI=1S/C23H17N3O4/c27-11-4-5-12-15(9-24-17(12)8-11)19-20(23(30)25-22(19)29)16-10-26-7-6-18(28)14-3-1-2-13(16)21(14)26/h1-5,8-10,19-20,24,27H,6-7H2,(H,25,29,30)/t19-,20-/m0/s1. The Labute approximate surface area is 170 Å². The fourth-order valence-electron chi connectivity index (χ4n) is 5.01. The van der Waals surface area contributed by atoms with Crippen molar-refractivity contribution in [1.82, 2.24) is 14.9 Å². The molecule has 0 spiro atoms. The summed E-state index contributed by atoms with van der Waals surface area (Å²) in [4.78, 5) is 41.3. The van der Waals surface area contributed by atoms with E-state index < -0.39 is 11.8 Å². The van der Waals surface area contributed by atoms with Gasteiger partial charge >= 0.3 is 0 Å². The SMILES string of the molecule is O=C1CCn2cc([C@@H]3C(=O)NC(=O)[C@H]3c3c[nH]c4cc(O)ccc34)c3cccc1c32. The van der Waals surface area contributed by atoms with E-state index in [-0.39, 0.29) is 23.3 Å². The molecule has 2 aromatic carbocycles. The Kier molecular flexibility index (Phi) is 3.30. The van der Waals surface area contributed by atoms with Crippen LogP contribution in [0.25, 0.3) is 21.8 Å². The average Bonchev–Trinajstić information content (AvgIpc) is 3.38. The van der Waals surface area contributed by atoms with Crippen LogP contribution in [0, 0.1) is 0 Å². The number of phenolic OH excluding ortho intramolecular Hbond substituents is 1. The second kappa shape index (κ2) is 5.82. The van der Waals surface area contributed by atoms with Crippen LogP contribution in [0.5, 0.6) is 5.75 Å². The summed E-state index contributed by atoms with van der Waals surface area (Å²) >= 11 is 0. The number of phenols is 1. The molecule has 7 nitrogen and oxygen atoms in total. The van der Waals surface area contributed by atoms with Crippen molar-refractivity contribution in [3.63, 3.8) is 0 Å². The molecule has 1 fully saturated rings. The van der Waals surface area contributed by atoms with E-state index in [1.165, 1.54) is 0 Å². The van der Waals surface area contributed by atoms with Gasteiger partial charge < -0.3 is 14.7 Å². The predicted molar refractivity (Wildman–Crippen MR) is 109 cm³/mol.